The number of thiazole rings is 1. The van der Waals surface area contributed by atoms with Crippen LogP contribution < -0.4 is 0 Å². The van der Waals surface area contributed by atoms with Crippen molar-refractivity contribution in [1.29, 1.82) is 0 Å². The van der Waals surface area contributed by atoms with Crippen LogP contribution in [0.4, 0.5) is 0 Å². The van der Waals surface area contributed by atoms with Crippen molar-refractivity contribution in [2.24, 2.45) is 5.16 Å². The van der Waals surface area contributed by atoms with E-state index in [-0.39, 0.29) is 0 Å². The third-order valence-electron chi connectivity index (χ3n) is 1.75. The number of aromatic nitrogens is 1. The van der Waals surface area contributed by atoms with Crippen LogP contribution in [0.25, 0.3) is 0 Å². The highest BCUT2D eigenvalue weighted by Crippen LogP contribution is 2.17. The van der Waals surface area contributed by atoms with E-state index >= 15 is 0 Å². The topological polar surface area (TPSA) is 34.5 Å². The Morgan fingerprint density at radius 3 is 3.17 bits per heavy atom. The maximum absolute atomic E-state index is 4.91. The van der Waals surface area contributed by atoms with Crippen LogP contribution in [0.5, 0.6) is 0 Å². The Kier molecular flexibility index (Phi) is 2.08. The van der Waals surface area contributed by atoms with Crippen LogP contribution in [0, 0.1) is 0 Å². The molecular weight excluding hydrogens is 172 g/mol. The molecule has 1 aliphatic heterocycles. The predicted molar refractivity (Wildman–Crippen MR) is 48.6 cm³/mol. The van der Waals surface area contributed by atoms with Crippen LogP contribution >= 0.6 is 11.3 Å². The molecule has 0 saturated heterocycles. The molecule has 0 fully saturated rings. The molecule has 2 heterocycles. The van der Waals surface area contributed by atoms with Crippen LogP contribution in [0.15, 0.2) is 11.4 Å². The Balaban J connectivity index is 2.22. The molecule has 4 heteroatoms. The number of nitrogens with zero attached hydrogens (tertiary/aromatic N) is 2. The van der Waals surface area contributed by atoms with E-state index in [2.05, 4.69) is 17.1 Å². The minimum Gasteiger partial charge on any atom is -0.395 e. The van der Waals surface area contributed by atoms with Gasteiger partial charge in [0.1, 0.15) is 17.3 Å². The zero-order chi connectivity index (χ0) is 8.39. The highest BCUT2D eigenvalue weighted by atomic mass is 32.1. The lowest BCUT2D eigenvalue weighted by molar-refractivity contribution is 0.174. The molecule has 0 N–H and O–H groups in total. The first kappa shape index (κ1) is 7.73. The van der Waals surface area contributed by atoms with Gasteiger partial charge in [0.25, 0.3) is 0 Å². The second kappa shape index (κ2) is 3.23. The number of oxime groups is 1. The first-order valence-electron chi connectivity index (χ1n) is 4.04. The lowest BCUT2D eigenvalue weighted by Gasteiger charge is -1.87. The van der Waals surface area contributed by atoms with Crippen LogP contribution in [0.2, 0.25) is 0 Å². The van der Waals surface area contributed by atoms with Gasteiger partial charge < -0.3 is 4.84 Å². The van der Waals surface area contributed by atoms with Crippen LogP contribution in [0.1, 0.15) is 23.2 Å². The minimum absolute atomic E-state index is 0.705. The second-order valence-corrected chi connectivity index (χ2v) is 3.72. The molecule has 2 rings (SSSR count). The summed E-state index contributed by atoms with van der Waals surface area (Å²) in [5.41, 5.74) is 1.000. The summed E-state index contributed by atoms with van der Waals surface area (Å²) in [4.78, 5) is 10.5. The van der Waals surface area contributed by atoms with Gasteiger partial charge in [0.15, 0.2) is 0 Å². The van der Waals surface area contributed by atoms with E-state index in [0.29, 0.717) is 6.61 Å². The first-order valence-corrected chi connectivity index (χ1v) is 4.85. The fourth-order valence-corrected chi connectivity index (χ4v) is 1.92. The fraction of sp³-hybridized carbons (Fsp3) is 0.500. The van der Waals surface area contributed by atoms with Gasteiger partial charge in [0.05, 0.1) is 0 Å². The lowest BCUT2D eigenvalue weighted by atomic mass is 10.3. The van der Waals surface area contributed by atoms with Crippen molar-refractivity contribution in [3.05, 3.63) is 16.1 Å². The molecule has 1 aromatic heterocycles. The summed E-state index contributed by atoms with van der Waals surface area (Å²) in [7, 11) is 0. The first-order chi connectivity index (χ1) is 5.90. The molecule has 0 amide bonds. The summed E-state index contributed by atoms with van der Waals surface area (Å²) in [6.45, 7) is 2.83. The highest BCUT2D eigenvalue weighted by molar-refractivity contribution is 7.13. The van der Waals surface area contributed by atoms with E-state index < -0.39 is 0 Å². The van der Waals surface area contributed by atoms with Gasteiger partial charge in [-0.15, -0.1) is 11.3 Å². The van der Waals surface area contributed by atoms with Gasteiger partial charge in [-0.05, 0) is 6.42 Å². The van der Waals surface area contributed by atoms with Crippen molar-refractivity contribution in [2.45, 2.75) is 19.8 Å². The molecule has 12 heavy (non-hydrogen) atoms. The lowest BCUT2D eigenvalue weighted by Crippen LogP contribution is -1.94. The second-order valence-electron chi connectivity index (χ2n) is 2.61. The number of hydrogen-bond acceptors (Lipinski definition) is 4. The van der Waals surface area contributed by atoms with Crippen molar-refractivity contribution in [3.63, 3.8) is 0 Å². The van der Waals surface area contributed by atoms with Crippen LogP contribution in [-0.2, 0) is 11.3 Å². The maximum atomic E-state index is 4.91. The largest absolute Gasteiger partial charge is 0.395 e. The van der Waals surface area contributed by atoms with Gasteiger partial charge in [-0.3, -0.25) is 0 Å². The molecular formula is C8H10N2OS. The van der Waals surface area contributed by atoms with E-state index in [0.717, 1.165) is 23.6 Å². The van der Waals surface area contributed by atoms with Crippen molar-refractivity contribution in [2.75, 3.05) is 6.61 Å². The van der Waals surface area contributed by atoms with Gasteiger partial charge in [-0.25, -0.2) is 4.98 Å². The maximum Gasteiger partial charge on any atom is 0.141 e. The van der Waals surface area contributed by atoms with Crippen molar-refractivity contribution >= 4 is 17.0 Å². The molecule has 0 bridgehead atoms. The Labute approximate surface area is 75.1 Å². The summed E-state index contributed by atoms with van der Waals surface area (Å²) in [5.74, 6) is 0. The third-order valence-corrected chi connectivity index (χ3v) is 2.94. The molecule has 3 nitrogen and oxygen atoms in total. The Morgan fingerprint density at radius 1 is 1.67 bits per heavy atom. The van der Waals surface area contributed by atoms with Gasteiger partial charge in [0, 0.05) is 17.5 Å². The molecule has 0 spiro atoms. The molecule has 0 atom stereocenters. The average Bonchev–Trinajstić information content (AvgIpc) is 2.75. The zero-order valence-corrected chi connectivity index (χ0v) is 7.73. The van der Waals surface area contributed by atoms with E-state index in [1.54, 1.807) is 11.3 Å². The molecule has 0 unspecified atom stereocenters. The quantitative estimate of drug-likeness (QED) is 0.699. The average molecular weight is 182 g/mol. The van der Waals surface area contributed by atoms with Crippen molar-refractivity contribution in [1.82, 2.24) is 4.98 Å². The van der Waals surface area contributed by atoms with Gasteiger partial charge in [0.2, 0.25) is 0 Å². The molecule has 1 aromatic rings. The highest BCUT2D eigenvalue weighted by Gasteiger charge is 2.13. The minimum atomic E-state index is 0.705. The van der Waals surface area contributed by atoms with Crippen LogP contribution in [0.3, 0.4) is 0 Å². The van der Waals surface area contributed by atoms with E-state index in [1.165, 1.54) is 4.88 Å². The van der Waals surface area contributed by atoms with E-state index in [4.69, 9.17) is 4.84 Å². The molecule has 0 aliphatic carbocycles. The predicted octanol–water partition coefficient (Wildman–Crippen LogP) is 1.83. The number of rotatable bonds is 2. The number of hydrogen-bond donors (Lipinski definition) is 0. The van der Waals surface area contributed by atoms with Gasteiger partial charge in [-0.2, -0.15) is 0 Å². The SMILES string of the molecule is CCc1cnc(C2=NOCC2)s1. The summed E-state index contributed by atoms with van der Waals surface area (Å²) >= 11 is 1.71. The summed E-state index contributed by atoms with van der Waals surface area (Å²) in [6, 6.07) is 0. The summed E-state index contributed by atoms with van der Waals surface area (Å²) in [5, 5.41) is 4.94. The van der Waals surface area contributed by atoms with Gasteiger partial charge in [-0.1, -0.05) is 12.1 Å². The third kappa shape index (κ3) is 1.34. The van der Waals surface area contributed by atoms with Crippen molar-refractivity contribution < 1.29 is 4.84 Å². The smallest absolute Gasteiger partial charge is 0.141 e. The zero-order valence-electron chi connectivity index (χ0n) is 6.91. The molecule has 0 radical (unpaired) electrons. The Morgan fingerprint density at radius 2 is 2.58 bits per heavy atom. The Bertz CT molecular complexity index is 306. The van der Waals surface area contributed by atoms with Crippen LogP contribution in [-0.4, -0.2) is 17.3 Å². The normalized spacial score (nSPS) is 15.9. The van der Waals surface area contributed by atoms with Crippen molar-refractivity contribution in [3.8, 4) is 0 Å². The molecule has 1 aliphatic rings. The monoisotopic (exact) mass is 182 g/mol. The fourth-order valence-electron chi connectivity index (χ4n) is 1.06. The summed E-state index contributed by atoms with van der Waals surface area (Å²) < 4.78 is 0. The summed E-state index contributed by atoms with van der Waals surface area (Å²) in [6.07, 6.45) is 3.86. The molecule has 64 valence electrons. The number of aryl methyl sites for hydroxylation is 1. The van der Waals surface area contributed by atoms with Gasteiger partial charge >= 0.3 is 0 Å². The van der Waals surface area contributed by atoms with E-state index in [9.17, 15) is 0 Å². The van der Waals surface area contributed by atoms with E-state index in [1.807, 2.05) is 6.20 Å². The Hall–Kier alpha value is -0.900. The molecule has 0 aromatic carbocycles. The standard InChI is InChI=1S/C8H10N2OS/c1-2-6-5-9-8(12-6)7-3-4-11-10-7/h5H,2-4H2,1H3. The molecule has 0 saturated carbocycles.